The average Bonchev–Trinajstić information content (AvgIpc) is 3.09. The van der Waals surface area contributed by atoms with Gasteiger partial charge in [-0.2, -0.15) is 21.6 Å². The Morgan fingerprint density at radius 2 is 1.74 bits per heavy atom. The molecule has 0 saturated heterocycles. The third-order valence-electron chi connectivity index (χ3n) is 2.76. The fourth-order valence-corrected chi connectivity index (χ4v) is 2.43. The number of hydrogen-bond acceptors (Lipinski definition) is 3. The zero-order valence-corrected chi connectivity index (χ0v) is 11.1. The van der Waals surface area contributed by atoms with Crippen molar-refractivity contribution >= 4 is 21.7 Å². The Labute approximate surface area is 113 Å². The van der Waals surface area contributed by atoms with E-state index in [1.165, 1.54) is 24.3 Å². The van der Waals surface area contributed by atoms with Crippen LogP contribution in [0.1, 0.15) is 24.5 Å². The predicted octanol–water partition coefficient (Wildman–Crippen LogP) is 3.66. The zero-order chi connectivity index (χ0) is 14.3. The maximum atomic E-state index is 12.3. The molecule has 1 aromatic rings. The summed E-state index contributed by atoms with van der Waals surface area (Å²) in [5.41, 5.74) is -5.04. The topological polar surface area (TPSA) is 43.4 Å². The summed E-state index contributed by atoms with van der Waals surface area (Å²) in [6.07, 6.45) is 0.172. The molecule has 0 radical (unpaired) electrons. The van der Waals surface area contributed by atoms with Crippen LogP contribution in [0.3, 0.4) is 0 Å². The minimum Gasteiger partial charge on any atom is -0.255 e. The lowest BCUT2D eigenvalue weighted by Gasteiger charge is -2.18. The summed E-state index contributed by atoms with van der Waals surface area (Å²) in [6, 6.07) is 5.90. The van der Waals surface area contributed by atoms with Crippen LogP contribution in [-0.2, 0) is 14.3 Å². The van der Waals surface area contributed by atoms with E-state index < -0.39 is 21.7 Å². The third kappa shape index (κ3) is 3.40. The molecule has 1 unspecified atom stereocenters. The van der Waals surface area contributed by atoms with Gasteiger partial charge in [-0.3, -0.25) is 4.18 Å². The van der Waals surface area contributed by atoms with E-state index >= 15 is 0 Å². The highest BCUT2D eigenvalue weighted by atomic mass is 35.5. The maximum Gasteiger partial charge on any atom is 0.523 e. The van der Waals surface area contributed by atoms with Gasteiger partial charge in [-0.25, -0.2) is 0 Å². The Morgan fingerprint density at radius 3 is 2.16 bits per heavy atom. The van der Waals surface area contributed by atoms with Crippen LogP contribution in [0.15, 0.2) is 24.3 Å². The van der Waals surface area contributed by atoms with Crippen molar-refractivity contribution in [3.63, 3.8) is 0 Å². The van der Waals surface area contributed by atoms with Gasteiger partial charge in [0.15, 0.2) is 0 Å². The smallest absolute Gasteiger partial charge is 0.255 e. The van der Waals surface area contributed by atoms with E-state index in [2.05, 4.69) is 4.18 Å². The molecule has 0 bridgehead atoms. The van der Waals surface area contributed by atoms with Gasteiger partial charge in [-0.05, 0) is 36.5 Å². The third-order valence-corrected chi connectivity index (χ3v) is 4.04. The normalized spacial score (nSPS) is 18.3. The quantitative estimate of drug-likeness (QED) is 0.629. The first-order valence-corrected chi connectivity index (χ1v) is 7.24. The Kier molecular flexibility index (Phi) is 3.81. The summed E-state index contributed by atoms with van der Waals surface area (Å²) in [4.78, 5) is 0. The van der Waals surface area contributed by atoms with Crippen LogP contribution in [0.2, 0.25) is 5.02 Å². The van der Waals surface area contributed by atoms with Crippen LogP contribution < -0.4 is 0 Å². The van der Waals surface area contributed by atoms with Gasteiger partial charge in [0.1, 0.15) is 6.10 Å². The first-order chi connectivity index (χ1) is 8.71. The molecule has 2 rings (SSSR count). The second-order valence-electron chi connectivity index (χ2n) is 4.31. The summed E-state index contributed by atoms with van der Waals surface area (Å²) in [5.74, 6) is -0.210. The van der Waals surface area contributed by atoms with Crippen LogP contribution in [-0.4, -0.2) is 13.9 Å². The number of benzene rings is 1. The number of hydrogen-bond donors (Lipinski definition) is 0. The fourth-order valence-electron chi connectivity index (χ4n) is 1.65. The predicted molar refractivity (Wildman–Crippen MR) is 63.0 cm³/mol. The van der Waals surface area contributed by atoms with E-state index in [0.29, 0.717) is 23.4 Å². The average molecular weight is 315 g/mol. The van der Waals surface area contributed by atoms with Crippen molar-refractivity contribution in [3.05, 3.63) is 34.9 Å². The van der Waals surface area contributed by atoms with Gasteiger partial charge in [-0.1, -0.05) is 23.7 Å². The van der Waals surface area contributed by atoms with Gasteiger partial charge in [0, 0.05) is 5.02 Å². The zero-order valence-electron chi connectivity index (χ0n) is 9.52. The molecule has 3 nitrogen and oxygen atoms in total. The molecule has 0 aromatic heterocycles. The second kappa shape index (κ2) is 4.96. The molecule has 1 saturated carbocycles. The lowest BCUT2D eigenvalue weighted by Crippen LogP contribution is -2.27. The van der Waals surface area contributed by atoms with E-state index in [-0.39, 0.29) is 5.92 Å². The highest BCUT2D eigenvalue weighted by Gasteiger charge is 2.50. The summed E-state index contributed by atoms with van der Waals surface area (Å²) < 4.78 is 63.4. The molecule has 0 amide bonds. The van der Waals surface area contributed by atoms with Crippen LogP contribution in [0.4, 0.5) is 13.2 Å². The van der Waals surface area contributed by atoms with Crippen LogP contribution in [0.5, 0.6) is 0 Å². The summed E-state index contributed by atoms with van der Waals surface area (Å²) in [6.45, 7) is 0. The van der Waals surface area contributed by atoms with E-state index in [4.69, 9.17) is 11.6 Å². The van der Waals surface area contributed by atoms with Crippen LogP contribution in [0.25, 0.3) is 0 Å². The Morgan fingerprint density at radius 1 is 1.21 bits per heavy atom. The molecule has 19 heavy (non-hydrogen) atoms. The van der Waals surface area contributed by atoms with Gasteiger partial charge in [0.2, 0.25) is 0 Å². The van der Waals surface area contributed by atoms with E-state index in [1.807, 2.05) is 0 Å². The second-order valence-corrected chi connectivity index (χ2v) is 6.31. The fraction of sp³-hybridized carbons (Fsp3) is 0.455. The summed E-state index contributed by atoms with van der Waals surface area (Å²) >= 11 is 5.68. The molecule has 1 fully saturated rings. The SMILES string of the molecule is O=S(=O)(OC(c1ccc(Cl)cc1)C1CC1)C(F)(F)F. The van der Waals surface area contributed by atoms with Crippen molar-refractivity contribution in [1.29, 1.82) is 0 Å². The Bertz CT molecular complexity index is 550. The van der Waals surface area contributed by atoms with Crippen LogP contribution in [0, 0.1) is 5.92 Å². The first kappa shape index (κ1) is 14.6. The van der Waals surface area contributed by atoms with E-state index in [1.54, 1.807) is 0 Å². The molecule has 1 aromatic carbocycles. The summed E-state index contributed by atoms with van der Waals surface area (Å²) in [7, 11) is -5.59. The molecule has 1 aliphatic carbocycles. The van der Waals surface area contributed by atoms with E-state index in [0.717, 1.165) is 0 Å². The largest absolute Gasteiger partial charge is 0.523 e. The van der Waals surface area contributed by atoms with Crippen molar-refractivity contribution in [2.45, 2.75) is 24.5 Å². The molecule has 0 spiro atoms. The van der Waals surface area contributed by atoms with Crippen molar-refractivity contribution < 1.29 is 25.8 Å². The maximum absolute atomic E-state index is 12.3. The summed E-state index contributed by atoms with van der Waals surface area (Å²) in [5, 5.41) is 0.414. The highest BCUT2D eigenvalue weighted by molar-refractivity contribution is 7.87. The molecule has 106 valence electrons. The standard InChI is InChI=1S/C11H10ClF3O3S/c12-9-5-3-8(4-6-9)10(7-1-2-7)18-19(16,17)11(13,14)15/h3-7,10H,1-2H2. The van der Waals surface area contributed by atoms with Gasteiger partial charge in [0.05, 0.1) is 0 Å². The van der Waals surface area contributed by atoms with Gasteiger partial charge < -0.3 is 0 Å². The molecular formula is C11H10ClF3O3S. The van der Waals surface area contributed by atoms with Crippen LogP contribution >= 0.6 is 11.6 Å². The molecule has 1 aliphatic rings. The molecule has 0 aliphatic heterocycles. The molecule has 8 heteroatoms. The molecule has 1 atom stereocenters. The van der Waals surface area contributed by atoms with Crippen molar-refractivity contribution in [2.75, 3.05) is 0 Å². The van der Waals surface area contributed by atoms with Crippen molar-refractivity contribution in [3.8, 4) is 0 Å². The number of alkyl halides is 3. The molecule has 0 heterocycles. The first-order valence-electron chi connectivity index (χ1n) is 5.46. The minimum absolute atomic E-state index is 0.210. The Hall–Kier alpha value is -0.790. The van der Waals surface area contributed by atoms with Gasteiger partial charge in [-0.15, -0.1) is 0 Å². The number of halogens is 4. The molecule has 0 N–H and O–H groups in total. The lowest BCUT2D eigenvalue weighted by molar-refractivity contribution is -0.0582. The van der Waals surface area contributed by atoms with E-state index in [9.17, 15) is 21.6 Å². The monoisotopic (exact) mass is 314 g/mol. The Balaban J connectivity index is 2.25. The van der Waals surface area contributed by atoms with Crippen molar-refractivity contribution in [2.24, 2.45) is 5.92 Å². The highest BCUT2D eigenvalue weighted by Crippen LogP contribution is 2.45. The minimum atomic E-state index is -5.59. The molecular weight excluding hydrogens is 305 g/mol. The van der Waals surface area contributed by atoms with Crippen molar-refractivity contribution in [1.82, 2.24) is 0 Å². The lowest BCUT2D eigenvalue weighted by atomic mass is 10.1. The number of rotatable bonds is 4. The van der Waals surface area contributed by atoms with Gasteiger partial charge >= 0.3 is 15.6 Å². The van der Waals surface area contributed by atoms with Gasteiger partial charge in [0.25, 0.3) is 0 Å².